The minimum Gasteiger partial charge on any atom is -0.333 e. The van der Waals surface area contributed by atoms with E-state index >= 15 is 0 Å². The van der Waals surface area contributed by atoms with E-state index in [1.165, 1.54) is 5.56 Å². The normalized spacial score (nSPS) is 12.1. The molecule has 1 aromatic heterocycles. The first kappa shape index (κ1) is 23.7. The molecule has 0 aliphatic heterocycles. The third-order valence-corrected chi connectivity index (χ3v) is 6.09. The SMILES string of the molecule is CCCCCN(C(=O)CC)C(CC)c1nc2ccccc2c(=O)n1-c1ccc(CC)cc1. The summed E-state index contributed by atoms with van der Waals surface area (Å²) in [6, 6.07) is 15.3. The van der Waals surface area contributed by atoms with Crippen LogP contribution in [-0.4, -0.2) is 26.9 Å². The van der Waals surface area contributed by atoms with Gasteiger partial charge >= 0.3 is 0 Å². The molecule has 5 nitrogen and oxygen atoms in total. The molecule has 1 unspecified atom stereocenters. The van der Waals surface area contributed by atoms with Gasteiger partial charge in [0.05, 0.1) is 22.6 Å². The zero-order valence-corrected chi connectivity index (χ0v) is 19.8. The molecule has 0 N–H and O–H groups in total. The van der Waals surface area contributed by atoms with E-state index in [1.807, 2.05) is 48.2 Å². The van der Waals surface area contributed by atoms with Crippen LogP contribution in [0.15, 0.2) is 53.3 Å². The molecule has 0 saturated heterocycles. The lowest BCUT2D eigenvalue weighted by atomic mass is 10.1. The first-order chi connectivity index (χ1) is 15.5. The standard InChI is InChI=1S/C27H35N3O2/c1-5-9-12-19-29(25(31)8-4)24(7-3)26-28-23-14-11-10-13-22(23)27(32)30(26)21-17-15-20(6-2)16-18-21/h10-11,13-18,24H,5-9,12,19H2,1-4H3. The Bertz CT molecular complexity index is 1100. The number of carbonyl (C=O) groups is 1. The maximum Gasteiger partial charge on any atom is 0.266 e. The number of benzene rings is 2. The van der Waals surface area contributed by atoms with E-state index in [1.54, 1.807) is 4.57 Å². The molecular weight excluding hydrogens is 398 g/mol. The van der Waals surface area contributed by atoms with E-state index in [4.69, 9.17) is 4.98 Å². The van der Waals surface area contributed by atoms with Crippen LogP contribution in [0.25, 0.3) is 16.6 Å². The van der Waals surface area contributed by atoms with Gasteiger partial charge in [-0.3, -0.25) is 14.2 Å². The van der Waals surface area contributed by atoms with Crippen LogP contribution in [0.2, 0.25) is 0 Å². The van der Waals surface area contributed by atoms with Crippen LogP contribution >= 0.6 is 0 Å². The minimum absolute atomic E-state index is 0.0919. The quantitative estimate of drug-likeness (QED) is 0.378. The molecule has 0 aliphatic rings. The number of hydrogen-bond acceptors (Lipinski definition) is 3. The molecule has 1 atom stereocenters. The van der Waals surface area contributed by atoms with Crippen molar-refractivity contribution in [3.63, 3.8) is 0 Å². The van der Waals surface area contributed by atoms with Gasteiger partial charge in [0.15, 0.2) is 0 Å². The Kier molecular flexibility index (Phi) is 8.20. The summed E-state index contributed by atoms with van der Waals surface area (Å²) < 4.78 is 1.71. The number of fused-ring (bicyclic) bond motifs is 1. The van der Waals surface area contributed by atoms with Crippen molar-refractivity contribution in [2.75, 3.05) is 6.54 Å². The molecule has 1 heterocycles. The Balaban J connectivity index is 2.23. The predicted octanol–water partition coefficient (Wildman–Crippen LogP) is 5.83. The smallest absolute Gasteiger partial charge is 0.266 e. The second-order valence-corrected chi connectivity index (χ2v) is 8.22. The molecule has 3 aromatic rings. The summed E-state index contributed by atoms with van der Waals surface area (Å²) in [5.41, 5.74) is 2.58. The van der Waals surface area contributed by atoms with Crippen molar-refractivity contribution in [2.24, 2.45) is 0 Å². The number of amides is 1. The lowest BCUT2D eigenvalue weighted by Gasteiger charge is -2.32. The molecule has 3 rings (SSSR count). The van der Waals surface area contributed by atoms with E-state index in [0.29, 0.717) is 36.1 Å². The van der Waals surface area contributed by atoms with Crippen molar-refractivity contribution in [1.29, 1.82) is 0 Å². The van der Waals surface area contributed by atoms with Gasteiger partial charge in [-0.25, -0.2) is 4.98 Å². The highest BCUT2D eigenvalue weighted by atomic mass is 16.2. The van der Waals surface area contributed by atoms with Crippen molar-refractivity contribution < 1.29 is 4.79 Å². The van der Waals surface area contributed by atoms with Crippen LogP contribution < -0.4 is 5.56 Å². The Morgan fingerprint density at radius 2 is 1.72 bits per heavy atom. The maximum absolute atomic E-state index is 13.7. The molecule has 0 saturated carbocycles. The molecular formula is C27H35N3O2. The molecule has 2 aromatic carbocycles. The molecule has 32 heavy (non-hydrogen) atoms. The largest absolute Gasteiger partial charge is 0.333 e. The summed E-state index contributed by atoms with van der Waals surface area (Å²) in [6.45, 7) is 8.91. The number of unbranched alkanes of at least 4 members (excludes halogenated alkanes) is 2. The molecule has 5 heteroatoms. The van der Waals surface area contributed by atoms with Crippen LogP contribution in [0.4, 0.5) is 0 Å². The Labute approximate surface area is 191 Å². The van der Waals surface area contributed by atoms with Gasteiger partial charge in [0.2, 0.25) is 5.91 Å². The van der Waals surface area contributed by atoms with Gasteiger partial charge in [0, 0.05) is 13.0 Å². The first-order valence-electron chi connectivity index (χ1n) is 12.0. The van der Waals surface area contributed by atoms with Crippen molar-refractivity contribution >= 4 is 16.8 Å². The van der Waals surface area contributed by atoms with Gasteiger partial charge in [-0.05, 0) is 49.1 Å². The van der Waals surface area contributed by atoms with Crippen LogP contribution in [0.3, 0.4) is 0 Å². The predicted molar refractivity (Wildman–Crippen MR) is 131 cm³/mol. The topological polar surface area (TPSA) is 55.2 Å². The van der Waals surface area contributed by atoms with Crippen LogP contribution in [0.5, 0.6) is 0 Å². The number of para-hydroxylation sites is 1. The minimum atomic E-state index is -0.262. The summed E-state index contributed by atoms with van der Waals surface area (Å²) in [5, 5.41) is 0.588. The average Bonchev–Trinajstić information content (AvgIpc) is 2.83. The van der Waals surface area contributed by atoms with Gasteiger partial charge in [0.1, 0.15) is 5.82 Å². The lowest BCUT2D eigenvalue weighted by Crippen LogP contribution is -2.38. The van der Waals surface area contributed by atoms with Gasteiger partial charge in [-0.2, -0.15) is 0 Å². The Morgan fingerprint density at radius 1 is 1.00 bits per heavy atom. The van der Waals surface area contributed by atoms with Gasteiger partial charge in [0.25, 0.3) is 5.56 Å². The number of carbonyl (C=O) groups excluding carboxylic acids is 1. The molecule has 0 spiro atoms. The summed E-state index contributed by atoms with van der Waals surface area (Å²) in [4.78, 5) is 33.5. The van der Waals surface area contributed by atoms with Gasteiger partial charge in [-0.1, -0.05) is 64.8 Å². The monoisotopic (exact) mass is 433 g/mol. The molecule has 0 bridgehead atoms. The van der Waals surface area contributed by atoms with Crippen LogP contribution in [0, 0.1) is 0 Å². The molecule has 1 amide bonds. The number of hydrogen-bond donors (Lipinski definition) is 0. The van der Waals surface area contributed by atoms with Crippen LogP contribution in [-0.2, 0) is 11.2 Å². The number of aromatic nitrogens is 2. The van der Waals surface area contributed by atoms with E-state index < -0.39 is 0 Å². The summed E-state index contributed by atoms with van der Waals surface area (Å²) >= 11 is 0. The highest BCUT2D eigenvalue weighted by Gasteiger charge is 2.28. The summed E-state index contributed by atoms with van der Waals surface area (Å²) in [5.74, 6) is 0.738. The number of aryl methyl sites for hydroxylation is 1. The highest BCUT2D eigenvalue weighted by molar-refractivity contribution is 5.79. The van der Waals surface area contributed by atoms with Crippen molar-refractivity contribution in [1.82, 2.24) is 14.5 Å². The van der Waals surface area contributed by atoms with Crippen molar-refractivity contribution in [3.05, 3.63) is 70.3 Å². The van der Waals surface area contributed by atoms with E-state index in [0.717, 1.165) is 31.4 Å². The zero-order chi connectivity index (χ0) is 23.1. The average molecular weight is 434 g/mol. The lowest BCUT2D eigenvalue weighted by molar-refractivity contribution is -0.133. The van der Waals surface area contributed by atoms with Gasteiger partial charge in [-0.15, -0.1) is 0 Å². The Morgan fingerprint density at radius 3 is 2.34 bits per heavy atom. The molecule has 0 radical (unpaired) electrons. The van der Waals surface area contributed by atoms with Gasteiger partial charge < -0.3 is 4.90 Å². The van der Waals surface area contributed by atoms with Crippen molar-refractivity contribution in [2.45, 2.75) is 72.3 Å². The molecule has 170 valence electrons. The molecule has 0 fully saturated rings. The number of nitrogens with zero attached hydrogens (tertiary/aromatic N) is 3. The second kappa shape index (κ2) is 11.1. The fourth-order valence-corrected chi connectivity index (χ4v) is 4.24. The number of rotatable bonds is 10. The fraction of sp³-hybridized carbons (Fsp3) is 0.444. The van der Waals surface area contributed by atoms with Crippen LogP contribution in [0.1, 0.15) is 77.2 Å². The third kappa shape index (κ3) is 4.93. The molecule has 0 aliphatic carbocycles. The summed E-state index contributed by atoms with van der Waals surface area (Å²) in [7, 11) is 0. The second-order valence-electron chi connectivity index (χ2n) is 8.22. The fourth-order valence-electron chi connectivity index (χ4n) is 4.24. The zero-order valence-electron chi connectivity index (χ0n) is 19.8. The Hall–Kier alpha value is -2.95. The summed E-state index contributed by atoms with van der Waals surface area (Å²) in [6.07, 6.45) is 5.17. The highest BCUT2D eigenvalue weighted by Crippen LogP contribution is 2.27. The van der Waals surface area contributed by atoms with Crippen molar-refractivity contribution in [3.8, 4) is 5.69 Å². The van der Waals surface area contributed by atoms with E-state index in [2.05, 4.69) is 32.9 Å². The third-order valence-electron chi connectivity index (χ3n) is 6.09. The van der Waals surface area contributed by atoms with E-state index in [-0.39, 0.29) is 17.5 Å². The maximum atomic E-state index is 13.7. The van der Waals surface area contributed by atoms with E-state index in [9.17, 15) is 9.59 Å². The first-order valence-corrected chi connectivity index (χ1v) is 12.0.